The van der Waals surface area contributed by atoms with Gasteiger partial charge in [-0.25, -0.2) is 4.79 Å². The molecule has 1 amide bonds. The number of carbonyl (C=O) groups is 1. The van der Waals surface area contributed by atoms with E-state index in [0.29, 0.717) is 31.0 Å². The summed E-state index contributed by atoms with van der Waals surface area (Å²) in [6, 6.07) is 14.3. The second-order valence-corrected chi connectivity index (χ2v) is 6.67. The molecular weight excluding hydrogens is 358 g/mol. The van der Waals surface area contributed by atoms with Crippen LogP contribution in [0.25, 0.3) is 11.0 Å². The van der Waals surface area contributed by atoms with E-state index >= 15 is 0 Å². The minimum atomic E-state index is -0.417. The summed E-state index contributed by atoms with van der Waals surface area (Å²) >= 11 is 0. The lowest BCUT2D eigenvalue weighted by Crippen LogP contribution is -2.38. The molecule has 0 fully saturated rings. The van der Waals surface area contributed by atoms with Crippen LogP contribution in [-0.2, 0) is 17.8 Å². The molecule has 4 rings (SSSR count). The van der Waals surface area contributed by atoms with Crippen molar-refractivity contribution < 1.29 is 18.7 Å². The molecule has 1 aliphatic rings. The van der Waals surface area contributed by atoms with E-state index in [1.807, 2.05) is 19.1 Å². The highest BCUT2D eigenvalue weighted by atomic mass is 16.5. The molecule has 2 heterocycles. The summed E-state index contributed by atoms with van der Waals surface area (Å²) in [5.41, 5.74) is 2.38. The predicted molar refractivity (Wildman–Crippen MR) is 105 cm³/mol. The van der Waals surface area contributed by atoms with Crippen LogP contribution < -0.4 is 15.1 Å². The van der Waals surface area contributed by atoms with Gasteiger partial charge in [-0.05, 0) is 54.8 Å². The third kappa shape index (κ3) is 3.86. The van der Waals surface area contributed by atoms with E-state index in [4.69, 9.17) is 13.9 Å². The van der Waals surface area contributed by atoms with Gasteiger partial charge in [-0.3, -0.25) is 4.79 Å². The van der Waals surface area contributed by atoms with Gasteiger partial charge < -0.3 is 18.8 Å². The molecule has 1 aliphatic heterocycles. The molecule has 0 aliphatic carbocycles. The molecule has 0 bridgehead atoms. The Kier molecular flexibility index (Phi) is 5.02. The highest BCUT2D eigenvalue weighted by Gasteiger charge is 2.21. The van der Waals surface area contributed by atoms with Crippen LogP contribution in [0, 0.1) is 0 Å². The number of benzene rings is 2. The maximum atomic E-state index is 12.6. The fourth-order valence-corrected chi connectivity index (χ4v) is 3.37. The molecule has 6 heteroatoms. The summed E-state index contributed by atoms with van der Waals surface area (Å²) in [7, 11) is 0. The Morgan fingerprint density at radius 3 is 2.68 bits per heavy atom. The van der Waals surface area contributed by atoms with E-state index in [0.717, 1.165) is 23.1 Å². The minimum Gasteiger partial charge on any atom is -0.494 e. The van der Waals surface area contributed by atoms with Crippen LogP contribution in [0.1, 0.15) is 18.1 Å². The van der Waals surface area contributed by atoms with Gasteiger partial charge in [-0.15, -0.1) is 0 Å². The summed E-state index contributed by atoms with van der Waals surface area (Å²) in [5, 5.41) is 0.802. The average Bonchev–Trinajstić information content (AvgIpc) is 2.71. The van der Waals surface area contributed by atoms with Crippen molar-refractivity contribution in [1.82, 2.24) is 4.90 Å². The lowest BCUT2D eigenvalue weighted by atomic mass is 9.99. The molecule has 0 spiro atoms. The zero-order valence-electron chi connectivity index (χ0n) is 15.6. The van der Waals surface area contributed by atoms with Gasteiger partial charge in [-0.1, -0.05) is 6.07 Å². The van der Waals surface area contributed by atoms with Crippen molar-refractivity contribution in [2.45, 2.75) is 19.9 Å². The molecule has 28 heavy (non-hydrogen) atoms. The van der Waals surface area contributed by atoms with Crippen LogP contribution in [0.4, 0.5) is 0 Å². The lowest BCUT2D eigenvalue weighted by Gasteiger charge is -2.29. The van der Waals surface area contributed by atoms with Gasteiger partial charge in [0.15, 0.2) is 6.61 Å². The third-order valence-electron chi connectivity index (χ3n) is 4.81. The number of nitrogens with zero attached hydrogens (tertiary/aromatic N) is 1. The molecular formula is C22H21NO5. The van der Waals surface area contributed by atoms with Gasteiger partial charge in [0, 0.05) is 30.6 Å². The predicted octanol–water partition coefficient (Wildman–Crippen LogP) is 3.16. The number of hydrogen-bond donors (Lipinski definition) is 0. The number of fused-ring (bicyclic) bond motifs is 2. The topological polar surface area (TPSA) is 69.0 Å². The molecule has 2 aromatic carbocycles. The molecule has 0 saturated carbocycles. The average molecular weight is 379 g/mol. The summed E-state index contributed by atoms with van der Waals surface area (Å²) < 4.78 is 16.4. The number of ether oxygens (including phenoxy) is 2. The molecule has 0 N–H and O–H groups in total. The van der Waals surface area contributed by atoms with Crippen molar-refractivity contribution in [3.05, 3.63) is 70.1 Å². The Balaban J connectivity index is 1.41. The van der Waals surface area contributed by atoms with Gasteiger partial charge in [0.05, 0.1) is 6.61 Å². The van der Waals surface area contributed by atoms with Crippen molar-refractivity contribution in [2.75, 3.05) is 19.8 Å². The van der Waals surface area contributed by atoms with E-state index in [9.17, 15) is 9.59 Å². The van der Waals surface area contributed by atoms with Crippen LogP contribution >= 0.6 is 0 Å². The van der Waals surface area contributed by atoms with Gasteiger partial charge in [0.1, 0.15) is 17.1 Å². The molecule has 1 aromatic heterocycles. The second-order valence-electron chi connectivity index (χ2n) is 6.67. The Morgan fingerprint density at radius 2 is 1.82 bits per heavy atom. The lowest BCUT2D eigenvalue weighted by molar-refractivity contribution is -0.134. The fourth-order valence-electron chi connectivity index (χ4n) is 3.37. The molecule has 0 unspecified atom stereocenters. The molecule has 6 nitrogen and oxygen atoms in total. The molecule has 0 atom stereocenters. The van der Waals surface area contributed by atoms with Gasteiger partial charge >= 0.3 is 5.63 Å². The Hall–Kier alpha value is -3.28. The first kappa shape index (κ1) is 18.1. The van der Waals surface area contributed by atoms with Gasteiger partial charge in [-0.2, -0.15) is 0 Å². The standard InChI is InChI=1S/C22H21NO5/c1-2-26-18-6-3-15-9-10-23(13-17(15)11-18)21(24)14-27-19-7-4-16-5-8-22(25)28-20(16)12-19/h3-8,11-12H,2,9-10,13-14H2,1H3. The fraction of sp³-hybridized carbons (Fsp3) is 0.273. The van der Waals surface area contributed by atoms with Crippen molar-refractivity contribution in [1.29, 1.82) is 0 Å². The van der Waals surface area contributed by atoms with E-state index in [-0.39, 0.29) is 12.5 Å². The summed E-state index contributed by atoms with van der Waals surface area (Å²) in [6.45, 7) is 3.70. The van der Waals surface area contributed by atoms with Gasteiger partial charge in [0.25, 0.3) is 5.91 Å². The van der Waals surface area contributed by atoms with Crippen LogP contribution in [0.5, 0.6) is 11.5 Å². The zero-order chi connectivity index (χ0) is 19.5. The van der Waals surface area contributed by atoms with E-state index < -0.39 is 5.63 Å². The van der Waals surface area contributed by atoms with Crippen LogP contribution in [-0.4, -0.2) is 30.6 Å². The smallest absolute Gasteiger partial charge is 0.336 e. The van der Waals surface area contributed by atoms with Gasteiger partial charge in [0.2, 0.25) is 0 Å². The second kappa shape index (κ2) is 7.76. The molecule has 0 radical (unpaired) electrons. The third-order valence-corrected chi connectivity index (χ3v) is 4.81. The van der Waals surface area contributed by atoms with Crippen molar-refractivity contribution in [3.63, 3.8) is 0 Å². The number of carbonyl (C=O) groups excluding carboxylic acids is 1. The minimum absolute atomic E-state index is 0.0664. The Labute approximate surface area is 162 Å². The number of hydrogen-bond acceptors (Lipinski definition) is 5. The normalized spacial score (nSPS) is 13.2. The highest BCUT2D eigenvalue weighted by molar-refractivity contribution is 5.79. The maximum absolute atomic E-state index is 12.6. The molecule has 3 aromatic rings. The Bertz CT molecular complexity index is 1070. The van der Waals surface area contributed by atoms with E-state index in [1.165, 1.54) is 11.6 Å². The van der Waals surface area contributed by atoms with Crippen LogP contribution in [0.3, 0.4) is 0 Å². The SMILES string of the molecule is CCOc1ccc2c(c1)CN(C(=O)COc1ccc3ccc(=O)oc3c1)CC2. The first-order chi connectivity index (χ1) is 13.6. The zero-order valence-corrected chi connectivity index (χ0v) is 15.6. The summed E-state index contributed by atoms with van der Waals surface area (Å²) in [4.78, 5) is 25.8. The number of rotatable bonds is 5. The van der Waals surface area contributed by atoms with E-state index in [1.54, 1.807) is 29.2 Å². The highest BCUT2D eigenvalue weighted by Crippen LogP contribution is 2.24. The van der Waals surface area contributed by atoms with E-state index in [2.05, 4.69) is 6.07 Å². The molecule has 144 valence electrons. The summed E-state index contributed by atoms with van der Waals surface area (Å²) in [6.07, 6.45) is 0.814. The molecule has 0 saturated heterocycles. The Morgan fingerprint density at radius 1 is 1.04 bits per heavy atom. The van der Waals surface area contributed by atoms with Crippen molar-refractivity contribution in [2.24, 2.45) is 0 Å². The van der Waals surface area contributed by atoms with Crippen molar-refractivity contribution in [3.8, 4) is 11.5 Å². The number of amides is 1. The first-order valence-electron chi connectivity index (χ1n) is 9.31. The quantitative estimate of drug-likeness (QED) is 0.637. The summed E-state index contributed by atoms with van der Waals surface area (Å²) in [5.74, 6) is 1.23. The van der Waals surface area contributed by atoms with Crippen LogP contribution in [0.15, 0.2) is 57.7 Å². The monoisotopic (exact) mass is 379 g/mol. The largest absolute Gasteiger partial charge is 0.494 e. The maximum Gasteiger partial charge on any atom is 0.336 e. The van der Waals surface area contributed by atoms with Crippen LogP contribution in [0.2, 0.25) is 0 Å². The van der Waals surface area contributed by atoms with Crippen molar-refractivity contribution >= 4 is 16.9 Å². The first-order valence-corrected chi connectivity index (χ1v) is 9.31.